The summed E-state index contributed by atoms with van der Waals surface area (Å²) in [4.78, 5) is 11.7. The number of nitrogens with one attached hydrogen (secondary N) is 2. The Labute approximate surface area is 153 Å². The number of sulfonamides is 1. The third kappa shape index (κ3) is 5.45. The van der Waals surface area contributed by atoms with Gasteiger partial charge >= 0.3 is 6.18 Å². The average Bonchev–Trinajstić information content (AvgIpc) is 2.54. The third-order valence-corrected chi connectivity index (χ3v) is 5.23. The van der Waals surface area contributed by atoms with E-state index in [4.69, 9.17) is 11.6 Å². The largest absolute Gasteiger partial charge is 0.416 e. The second-order valence-corrected chi connectivity index (χ2v) is 7.34. The third-order valence-electron chi connectivity index (χ3n) is 3.27. The fourth-order valence-electron chi connectivity index (χ4n) is 2.01. The first-order valence-corrected chi connectivity index (χ1v) is 9.17. The fraction of sp³-hybridized carbons (Fsp3) is 0.188. The van der Waals surface area contributed by atoms with Crippen LogP contribution in [-0.2, 0) is 21.0 Å². The van der Waals surface area contributed by atoms with Gasteiger partial charge in [0.15, 0.2) is 0 Å². The van der Waals surface area contributed by atoms with Crippen LogP contribution in [0.1, 0.15) is 12.0 Å². The van der Waals surface area contributed by atoms with E-state index >= 15 is 0 Å². The summed E-state index contributed by atoms with van der Waals surface area (Å²) in [6, 6.07) is 9.77. The van der Waals surface area contributed by atoms with Crippen molar-refractivity contribution >= 4 is 33.2 Å². The number of alkyl halides is 3. The second kappa shape index (κ2) is 8.07. The molecule has 0 atom stereocenters. The molecule has 0 radical (unpaired) electrons. The SMILES string of the molecule is O=C(CCNS(=O)(=O)c1ccccc1Cl)Nc1ccc(C(F)(F)F)cc1. The Bertz CT molecular complexity index is 884. The van der Waals surface area contributed by atoms with E-state index in [1.54, 1.807) is 6.07 Å². The summed E-state index contributed by atoms with van der Waals surface area (Å²) in [5.74, 6) is -0.549. The number of benzene rings is 2. The van der Waals surface area contributed by atoms with Gasteiger partial charge in [0.05, 0.1) is 10.6 Å². The number of halogens is 4. The average molecular weight is 407 g/mol. The van der Waals surface area contributed by atoms with E-state index in [2.05, 4.69) is 10.0 Å². The van der Waals surface area contributed by atoms with Gasteiger partial charge in [-0.1, -0.05) is 23.7 Å². The smallest absolute Gasteiger partial charge is 0.326 e. The van der Waals surface area contributed by atoms with E-state index in [-0.39, 0.29) is 28.6 Å². The van der Waals surface area contributed by atoms with Gasteiger partial charge in [0.2, 0.25) is 15.9 Å². The second-order valence-electron chi connectivity index (χ2n) is 5.20. The van der Waals surface area contributed by atoms with Crippen LogP contribution in [0.4, 0.5) is 18.9 Å². The Kier molecular flexibility index (Phi) is 6.27. The van der Waals surface area contributed by atoms with Crippen LogP contribution in [0.5, 0.6) is 0 Å². The highest BCUT2D eigenvalue weighted by molar-refractivity contribution is 7.89. The quantitative estimate of drug-likeness (QED) is 0.768. The molecule has 0 aliphatic heterocycles. The van der Waals surface area contributed by atoms with E-state index in [9.17, 15) is 26.4 Å². The molecule has 1 amide bonds. The number of anilines is 1. The molecule has 0 saturated carbocycles. The summed E-state index contributed by atoms with van der Waals surface area (Å²) < 4.78 is 63.8. The summed E-state index contributed by atoms with van der Waals surface area (Å²) in [6.45, 7) is -0.194. The molecule has 2 N–H and O–H groups in total. The summed E-state index contributed by atoms with van der Waals surface area (Å²) in [7, 11) is -3.87. The monoisotopic (exact) mass is 406 g/mol. The van der Waals surface area contributed by atoms with Gasteiger partial charge in [0.25, 0.3) is 0 Å². The molecule has 0 spiro atoms. The number of hydrogen-bond acceptors (Lipinski definition) is 3. The predicted octanol–water partition coefficient (Wildman–Crippen LogP) is 3.67. The number of carbonyl (C=O) groups is 1. The summed E-state index contributed by atoms with van der Waals surface area (Å²) >= 11 is 5.82. The van der Waals surface area contributed by atoms with Gasteiger partial charge in [-0.2, -0.15) is 13.2 Å². The lowest BCUT2D eigenvalue weighted by Gasteiger charge is -2.10. The molecule has 0 bridgehead atoms. The highest BCUT2D eigenvalue weighted by atomic mass is 35.5. The van der Waals surface area contributed by atoms with Crippen LogP contribution in [-0.4, -0.2) is 20.9 Å². The van der Waals surface area contributed by atoms with E-state index in [0.717, 1.165) is 24.3 Å². The Morgan fingerprint density at radius 2 is 1.65 bits per heavy atom. The van der Waals surface area contributed by atoms with Crippen molar-refractivity contribution in [1.29, 1.82) is 0 Å². The van der Waals surface area contributed by atoms with Crippen LogP contribution in [0.15, 0.2) is 53.4 Å². The van der Waals surface area contributed by atoms with Crippen molar-refractivity contribution < 1.29 is 26.4 Å². The molecule has 2 aromatic carbocycles. The van der Waals surface area contributed by atoms with Gasteiger partial charge in [0.1, 0.15) is 4.90 Å². The minimum absolute atomic E-state index is 0.0502. The van der Waals surface area contributed by atoms with E-state index in [1.807, 2.05) is 0 Å². The van der Waals surface area contributed by atoms with Gasteiger partial charge in [-0.05, 0) is 36.4 Å². The van der Waals surface area contributed by atoms with Crippen LogP contribution in [0.25, 0.3) is 0 Å². The molecule has 0 fully saturated rings. The van der Waals surface area contributed by atoms with Gasteiger partial charge in [0, 0.05) is 18.7 Å². The van der Waals surface area contributed by atoms with Crippen LogP contribution < -0.4 is 10.0 Å². The maximum absolute atomic E-state index is 12.5. The first kappa shape index (κ1) is 20.2. The molecule has 5 nitrogen and oxygen atoms in total. The van der Waals surface area contributed by atoms with Crippen molar-refractivity contribution in [1.82, 2.24) is 4.72 Å². The van der Waals surface area contributed by atoms with Gasteiger partial charge < -0.3 is 5.32 Å². The lowest BCUT2D eigenvalue weighted by molar-refractivity contribution is -0.137. The number of rotatable bonds is 6. The zero-order valence-electron chi connectivity index (χ0n) is 13.2. The molecule has 26 heavy (non-hydrogen) atoms. The van der Waals surface area contributed by atoms with E-state index in [0.29, 0.717) is 0 Å². The van der Waals surface area contributed by atoms with Crippen LogP contribution in [0, 0.1) is 0 Å². The maximum atomic E-state index is 12.5. The molecule has 0 aliphatic carbocycles. The van der Waals surface area contributed by atoms with Crippen molar-refractivity contribution in [2.75, 3.05) is 11.9 Å². The zero-order chi connectivity index (χ0) is 19.4. The van der Waals surface area contributed by atoms with Crippen molar-refractivity contribution in [3.05, 3.63) is 59.1 Å². The summed E-state index contributed by atoms with van der Waals surface area (Å²) in [5, 5.41) is 2.44. The van der Waals surface area contributed by atoms with Crippen molar-refractivity contribution in [3.63, 3.8) is 0 Å². The molecule has 0 aliphatic rings. The molecule has 10 heteroatoms. The van der Waals surface area contributed by atoms with Crippen molar-refractivity contribution in [2.24, 2.45) is 0 Å². The normalized spacial score (nSPS) is 12.0. The highest BCUT2D eigenvalue weighted by Crippen LogP contribution is 2.29. The van der Waals surface area contributed by atoms with Crippen molar-refractivity contribution in [2.45, 2.75) is 17.5 Å². The van der Waals surface area contributed by atoms with Crippen molar-refractivity contribution in [3.8, 4) is 0 Å². The van der Waals surface area contributed by atoms with E-state index in [1.165, 1.54) is 18.2 Å². The molecular formula is C16H14ClF3N2O3S. The number of carbonyl (C=O) groups excluding carboxylic acids is 1. The standard InChI is InChI=1S/C16H14ClF3N2O3S/c17-13-3-1-2-4-14(13)26(24,25)21-10-9-15(23)22-12-7-5-11(6-8-12)16(18,19)20/h1-8,21H,9-10H2,(H,22,23). The van der Waals surface area contributed by atoms with E-state index < -0.39 is 27.7 Å². The first-order chi connectivity index (χ1) is 12.1. The van der Waals surface area contributed by atoms with Crippen LogP contribution >= 0.6 is 11.6 Å². The fourth-order valence-corrected chi connectivity index (χ4v) is 3.55. The number of amides is 1. The Balaban J connectivity index is 1.88. The molecule has 2 rings (SSSR count). The Morgan fingerprint density at radius 3 is 2.23 bits per heavy atom. The molecular weight excluding hydrogens is 393 g/mol. The van der Waals surface area contributed by atoms with Crippen LogP contribution in [0.2, 0.25) is 5.02 Å². The number of hydrogen-bond donors (Lipinski definition) is 2. The van der Waals surface area contributed by atoms with Gasteiger partial charge in [-0.25, -0.2) is 13.1 Å². The topological polar surface area (TPSA) is 75.3 Å². The van der Waals surface area contributed by atoms with Crippen LogP contribution in [0.3, 0.4) is 0 Å². The van der Waals surface area contributed by atoms with Gasteiger partial charge in [-0.3, -0.25) is 4.79 Å². The minimum Gasteiger partial charge on any atom is -0.326 e. The minimum atomic E-state index is -4.46. The first-order valence-electron chi connectivity index (χ1n) is 7.31. The Morgan fingerprint density at radius 1 is 1.04 bits per heavy atom. The lowest BCUT2D eigenvalue weighted by atomic mass is 10.2. The molecule has 0 heterocycles. The zero-order valence-corrected chi connectivity index (χ0v) is 14.8. The summed E-state index contributed by atoms with van der Waals surface area (Å²) in [5.41, 5.74) is -0.653. The maximum Gasteiger partial charge on any atom is 0.416 e. The summed E-state index contributed by atoms with van der Waals surface area (Å²) in [6.07, 6.45) is -4.66. The molecule has 0 aromatic heterocycles. The highest BCUT2D eigenvalue weighted by Gasteiger charge is 2.30. The molecule has 140 valence electrons. The predicted molar refractivity (Wildman–Crippen MR) is 91.3 cm³/mol. The molecule has 0 saturated heterocycles. The van der Waals surface area contributed by atoms with Gasteiger partial charge in [-0.15, -0.1) is 0 Å². The Hall–Kier alpha value is -2.10. The lowest BCUT2D eigenvalue weighted by Crippen LogP contribution is -2.28. The molecule has 2 aromatic rings. The molecule has 0 unspecified atom stereocenters.